The zero-order chi connectivity index (χ0) is 32.7. The van der Waals surface area contributed by atoms with Crippen molar-refractivity contribution in [3.05, 3.63) is 94.5 Å². The van der Waals surface area contributed by atoms with Crippen molar-refractivity contribution < 1.29 is 19.8 Å². The van der Waals surface area contributed by atoms with Gasteiger partial charge >= 0.3 is 12.1 Å². The molecule has 2 heterocycles. The summed E-state index contributed by atoms with van der Waals surface area (Å²) in [4.78, 5) is 29.0. The molecule has 46 heavy (non-hydrogen) atoms. The topological polar surface area (TPSA) is 119 Å². The lowest BCUT2D eigenvalue weighted by Crippen LogP contribution is -2.55. The molecule has 0 spiro atoms. The molecular formula is C37H47ClN4O4. The predicted molar refractivity (Wildman–Crippen MR) is 183 cm³/mol. The standard InChI is InChI=1S/C37H47ClN4O4/c1-2-27-10-6-11-28(24-27)33-31(15-7-16-32(33)38)37(46,17-9-20-40-34(43)44)30-14-8-21-42(25-30)35(45)41-22-18-36(26-39,19-23-41)29-12-4-3-5-13-29/h3-7,10-13,15-16,24,30,40,46H,2,8-9,14,17-23,25-26,39H2,1H3,(H,43,44)/t30-,37+/m1/s1. The van der Waals surface area contributed by atoms with Crippen LogP contribution in [-0.4, -0.2) is 71.4 Å². The van der Waals surface area contributed by atoms with Crippen molar-refractivity contribution in [1.82, 2.24) is 15.1 Å². The molecule has 0 bridgehead atoms. The number of rotatable bonds is 10. The van der Waals surface area contributed by atoms with Crippen molar-refractivity contribution in [2.75, 3.05) is 39.3 Å². The van der Waals surface area contributed by atoms with Gasteiger partial charge in [-0.1, -0.05) is 85.3 Å². The van der Waals surface area contributed by atoms with Gasteiger partial charge in [0.2, 0.25) is 0 Å². The number of likely N-dealkylation sites (tertiary alicyclic amines) is 2. The van der Waals surface area contributed by atoms with Crippen molar-refractivity contribution in [3.63, 3.8) is 0 Å². The highest BCUT2D eigenvalue weighted by Gasteiger charge is 2.44. The fourth-order valence-corrected chi connectivity index (χ4v) is 7.79. The highest BCUT2D eigenvalue weighted by molar-refractivity contribution is 6.33. The number of nitrogens with two attached hydrogens (primary N) is 1. The van der Waals surface area contributed by atoms with Crippen LogP contribution in [0.1, 0.15) is 62.1 Å². The molecule has 2 saturated heterocycles. The molecule has 0 aromatic heterocycles. The summed E-state index contributed by atoms with van der Waals surface area (Å²) in [6.45, 7) is 5.15. The number of hydrogen-bond acceptors (Lipinski definition) is 4. The number of nitrogens with zero attached hydrogens (tertiary/aromatic N) is 2. The second-order valence-corrected chi connectivity index (χ2v) is 13.3. The van der Waals surface area contributed by atoms with Crippen LogP contribution in [-0.2, 0) is 17.4 Å². The van der Waals surface area contributed by atoms with E-state index in [-0.39, 0.29) is 23.9 Å². The average molecular weight is 647 g/mol. The van der Waals surface area contributed by atoms with Gasteiger partial charge in [0.25, 0.3) is 0 Å². The maximum atomic E-state index is 14.0. The van der Waals surface area contributed by atoms with Gasteiger partial charge in [-0.05, 0) is 73.3 Å². The molecule has 5 N–H and O–H groups in total. The Morgan fingerprint density at radius 1 is 1.02 bits per heavy atom. The summed E-state index contributed by atoms with van der Waals surface area (Å²) in [5.74, 6) is -0.265. The lowest BCUT2D eigenvalue weighted by molar-refractivity contribution is -0.0565. The van der Waals surface area contributed by atoms with Crippen molar-refractivity contribution >= 4 is 23.7 Å². The number of carbonyl (C=O) groups is 2. The van der Waals surface area contributed by atoms with Crippen LogP contribution in [0.5, 0.6) is 0 Å². The van der Waals surface area contributed by atoms with Crippen LogP contribution in [0.15, 0.2) is 72.8 Å². The van der Waals surface area contributed by atoms with E-state index in [2.05, 4.69) is 36.5 Å². The van der Waals surface area contributed by atoms with Gasteiger partial charge in [-0.3, -0.25) is 0 Å². The first-order valence-corrected chi connectivity index (χ1v) is 17.0. The van der Waals surface area contributed by atoms with E-state index in [1.54, 1.807) is 0 Å². The van der Waals surface area contributed by atoms with Crippen molar-refractivity contribution in [2.45, 2.75) is 62.9 Å². The molecule has 8 nitrogen and oxygen atoms in total. The smallest absolute Gasteiger partial charge is 0.404 e. The van der Waals surface area contributed by atoms with E-state index in [1.807, 2.05) is 58.3 Å². The Hall–Kier alpha value is -3.59. The zero-order valence-corrected chi connectivity index (χ0v) is 27.5. The third-order valence-corrected chi connectivity index (χ3v) is 10.6. The Bertz CT molecular complexity index is 1490. The number of aliphatic hydroxyl groups is 1. The highest BCUT2D eigenvalue weighted by atomic mass is 35.5. The van der Waals surface area contributed by atoms with Gasteiger partial charge in [0, 0.05) is 61.2 Å². The summed E-state index contributed by atoms with van der Waals surface area (Å²) in [5.41, 5.74) is 9.67. The normalized spacial score (nSPS) is 19.3. The molecule has 246 valence electrons. The molecule has 3 aromatic carbocycles. The SMILES string of the molecule is CCc1cccc(-c2c(Cl)cccc2[C@](O)(CCCNC(=O)O)[C@@H]2CCCN(C(=O)N3CCC(CN)(c4ccccc4)CC3)C2)c1. The summed E-state index contributed by atoms with van der Waals surface area (Å²) in [7, 11) is 0. The van der Waals surface area contributed by atoms with Gasteiger partial charge in [0.15, 0.2) is 0 Å². The van der Waals surface area contributed by atoms with Crippen molar-refractivity contribution in [3.8, 4) is 11.1 Å². The quantitative estimate of drug-likeness (QED) is 0.184. The molecule has 3 aromatic rings. The van der Waals surface area contributed by atoms with Gasteiger partial charge in [0.1, 0.15) is 0 Å². The minimum absolute atomic E-state index is 0.000224. The predicted octanol–water partition coefficient (Wildman–Crippen LogP) is 6.63. The number of carboxylic acid groups (broad SMARTS) is 1. The number of benzene rings is 3. The van der Waals surface area contributed by atoms with Gasteiger partial charge in [-0.2, -0.15) is 0 Å². The molecule has 2 aliphatic heterocycles. The first-order valence-electron chi connectivity index (χ1n) is 16.6. The van der Waals surface area contributed by atoms with E-state index < -0.39 is 11.7 Å². The van der Waals surface area contributed by atoms with E-state index in [9.17, 15) is 19.8 Å². The molecule has 0 saturated carbocycles. The largest absolute Gasteiger partial charge is 0.465 e. The number of carbonyl (C=O) groups excluding carboxylic acids is 1. The molecule has 2 fully saturated rings. The van der Waals surface area contributed by atoms with E-state index in [1.165, 1.54) is 11.1 Å². The molecule has 2 atom stereocenters. The summed E-state index contributed by atoms with van der Waals surface area (Å²) >= 11 is 6.89. The summed E-state index contributed by atoms with van der Waals surface area (Å²) in [6, 6.07) is 24.2. The Labute approximate surface area is 277 Å². The summed E-state index contributed by atoms with van der Waals surface area (Å²) in [6.07, 6.45) is 3.63. The molecular weight excluding hydrogens is 600 g/mol. The Morgan fingerprint density at radius 2 is 1.76 bits per heavy atom. The highest BCUT2D eigenvalue weighted by Crippen LogP contribution is 2.46. The van der Waals surface area contributed by atoms with E-state index >= 15 is 0 Å². The minimum atomic E-state index is -1.34. The minimum Gasteiger partial charge on any atom is -0.465 e. The number of halogens is 1. The van der Waals surface area contributed by atoms with Crippen molar-refractivity contribution in [1.29, 1.82) is 0 Å². The summed E-state index contributed by atoms with van der Waals surface area (Å²) in [5, 5.41) is 25.0. The number of urea groups is 1. The summed E-state index contributed by atoms with van der Waals surface area (Å²) < 4.78 is 0. The maximum Gasteiger partial charge on any atom is 0.404 e. The fraction of sp³-hybridized carbons (Fsp3) is 0.459. The van der Waals surface area contributed by atoms with E-state index in [0.717, 1.165) is 48.8 Å². The van der Waals surface area contributed by atoms with E-state index in [0.29, 0.717) is 50.6 Å². The molecule has 0 radical (unpaired) electrons. The first-order chi connectivity index (χ1) is 22.2. The van der Waals surface area contributed by atoms with Crippen LogP contribution in [0.2, 0.25) is 5.02 Å². The number of nitrogens with one attached hydrogen (secondary N) is 1. The lowest BCUT2D eigenvalue weighted by atomic mass is 9.72. The fourth-order valence-electron chi connectivity index (χ4n) is 7.51. The van der Waals surface area contributed by atoms with Crippen LogP contribution in [0.4, 0.5) is 9.59 Å². The molecule has 9 heteroatoms. The zero-order valence-electron chi connectivity index (χ0n) is 26.8. The third kappa shape index (κ3) is 7.19. The molecule has 5 rings (SSSR count). The van der Waals surface area contributed by atoms with Crippen molar-refractivity contribution in [2.24, 2.45) is 11.7 Å². The monoisotopic (exact) mass is 646 g/mol. The molecule has 0 unspecified atom stereocenters. The van der Waals surface area contributed by atoms with Crippen LogP contribution in [0, 0.1) is 5.92 Å². The Kier molecular flexibility index (Phi) is 10.9. The van der Waals surface area contributed by atoms with E-state index in [4.69, 9.17) is 17.3 Å². The van der Waals surface area contributed by atoms with Crippen LogP contribution in [0.25, 0.3) is 11.1 Å². The average Bonchev–Trinajstić information content (AvgIpc) is 3.10. The third-order valence-electron chi connectivity index (χ3n) is 10.3. The van der Waals surface area contributed by atoms with Crippen LogP contribution >= 0.6 is 11.6 Å². The second kappa shape index (κ2) is 14.9. The van der Waals surface area contributed by atoms with Crippen LogP contribution in [0.3, 0.4) is 0 Å². The van der Waals surface area contributed by atoms with Crippen LogP contribution < -0.4 is 11.1 Å². The number of aryl methyl sites for hydroxylation is 1. The molecule has 0 aliphatic carbocycles. The number of hydrogen-bond donors (Lipinski definition) is 4. The Morgan fingerprint density at radius 3 is 2.46 bits per heavy atom. The lowest BCUT2D eigenvalue weighted by Gasteiger charge is -2.46. The molecule has 2 aliphatic rings. The maximum absolute atomic E-state index is 14.0. The van der Waals surface area contributed by atoms with Gasteiger partial charge in [-0.25, -0.2) is 9.59 Å². The second-order valence-electron chi connectivity index (χ2n) is 12.9. The first kappa shape index (κ1) is 33.8. The molecule has 3 amide bonds. The number of piperidine rings is 2. The van der Waals surface area contributed by atoms with Gasteiger partial charge in [-0.15, -0.1) is 0 Å². The Balaban J connectivity index is 1.40. The van der Waals surface area contributed by atoms with Gasteiger partial charge < -0.3 is 31.1 Å². The number of amides is 3. The van der Waals surface area contributed by atoms with Gasteiger partial charge in [0.05, 0.1) is 5.60 Å².